The fraction of sp³-hybridized carbons (Fsp3) is 0.375. The number of hydrogen-bond acceptors (Lipinski definition) is 6. The van der Waals surface area contributed by atoms with Crippen LogP contribution in [-0.2, 0) is 0 Å². The van der Waals surface area contributed by atoms with Crippen LogP contribution in [0, 0.1) is 15.9 Å². The number of nitrogens with zero attached hydrogens (tertiary/aromatic N) is 5. The summed E-state index contributed by atoms with van der Waals surface area (Å²) in [7, 11) is 1.81. The molecule has 1 fully saturated rings. The fourth-order valence-corrected chi connectivity index (χ4v) is 3.08. The van der Waals surface area contributed by atoms with Crippen LogP contribution in [0.5, 0.6) is 0 Å². The predicted molar refractivity (Wildman–Crippen MR) is 88.7 cm³/mol. The Hall–Kier alpha value is -2.77. The fourth-order valence-electron chi connectivity index (χ4n) is 3.08. The van der Waals surface area contributed by atoms with Crippen LogP contribution in [0.15, 0.2) is 36.5 Å². The van der Waals surface area contributed by atoms with E-state index in [4.69, 9.17) is 0 Å². The molecule has 0 radical (unpaired) electrons. The lowest BCUT2D eigenvalue weighted by Gasteiger charge is -2.38. The Balaban J connectivity index is 1.82. The molecule has 1 unspecified atom stereocenters. The first-order chi connectivity index (χ1) is 11.6. The number of halogens is 1. The largest absolute Gasteiger partial charge is 0.364 e. The average molecular weight is 331 g/mol. The van der Waals surface area contributed by atoms with Gasteiger partial charge in [0.1, 0.15) is 11.5 Å². The minimum absolute atomic E-state index is 0.0740. The van der Waals surface area contributed by atoms with Crippen LogP contribution >= 0.6 is 0 Å². The van der Waals surface area contributed by atoms with Gasteiger partial charge >= 0.3 is 0 Å². The lowest BCUT2D eigenvalue weighted by atomic mass is 10.0. The molecule has 1 atom stereocenters. The molecule has 7 nitrogen and oxygen atoms in total. The van der Waals surface area contributed by atoms with Gasteiger partial charge in [0, 0.05) is 32.4 Å². The summed E-state index contributed by atoms with van der Waals surface area (Å²) in [6.45, 7) is 1.55. The lowest BCUT2D eigenvalue weighted by Crippen LogP contribution is -2.47. The van der Waals surface area contributed by atoms with Crippen molar-refractivity contribution in [2.45, 2.75) is 18.9 Å². The van der Waals surface area contributed by atoms with Gasteiger partial charge in [0.2, 0.25) is 0 Å². The summed E-state index contributed by atoms with van der Waals surface area (Å²) in [5.74, 6) is 0.188. The van der Waals surface area contributed by atoms with Gasteiger partial charge in [-0.1, -0.05) is 0 Å². The first-order valence-electron chi connectivity index (χ1n) is 7.75. The molecule has 24 heavy (non-hydrogen) atoms. The summed E-state index contributed by atoms with van der Waals surface area (Å²) in [6.07, 6.45) is 3.47. The van der Waals surface area contributed by atoms with E-state index in [1.54, 1.807) is 6.20 Å². The van der Waals surface area contributed by atoms with Gasteiger partial charge in [0.05, 0.1) is 11.0 Å². The van der Waals surface area contributed by atoms with Crippen molar-refractivity contribution in [1.82, 2.24) is 10.2 Å². The maximum Gasteiger partial charge on any atom is 0.295 e. The average Bonchev–Trinajstić information content (AvgIpc) is 2.62. The summed E-state index contributed by atoms with van der Waals surface area (Å²) in [5, 5.41) is 19.3. The maximum absolute atomic E-state index is 13.4. The Kier molecular flexibility index (Phi) is 4.54. The number of nitro groups is 1. The summed E-state index contributed by atoms with van der Waals surface area (Å²) in [6, 6.07) is 7.49. The van der Waals surface area contributed by atoms with Crippen molar-refractivity contribution < 1.29 is 9.31 Å². The number of aromatic nitrogens is 2. The highest BCUT2D eigenvalue weighted by Crippen LogP contribution is 2.31. The molecule has 2 heterocycles. The minimum Gasteiger partial charge on any atom is -0.364 e. The normalized spacial score (nSPS) is 17.6. The highest BCUT2D eigenvalue weighted by atomic mass is 19.1. The minimum atomic E-state index is -0.608. The molecule has 2 aromatic rings. The standard InChI is InChI=1S/C16H18FN5O2/c1-20(14-7-6-12(17)10-15(14)22(23)24)13-4-3-9-21(11-13)16-5-2-8-18-19-16/h2,5-8,10,13H,3-4,9,11H2,1H3. The van der Waals surface area contributed by atoms with Gasteiger partial charge in [0.15, 0.2) is 5.82 Å². The number of benzene rings is 1. The number of piperidine rings is 1. The monoisotopic (exact) mass is 331 g/mol. The van der Waals surface area contributed by atoms with Crippen molar-refractivity contribution in [2.24, 2.45) is 0 Å². The molecule has 0 spiro atoms. The van der Waals surface area contributed by atoms with E-state index in [9.17, 15) is 14.5 Å². The van der Waals surface area contributed by atoms with Gasteiger partial charge in [0.25, 0.3) is 5.69 Å². The maximum atomic E-state index is 13.4. The van der Waals surface area contributed by atoms with E-state index in [1.807, 2.05) is 24.1 Å². The SMILES string of the molecule is CN(c1ccc(F)cc1[N+](=O)[O-])C1CCCN(c2cccnn2)C1. The molecule has 0 amide bonds. The number of rotatable bonds is 4. The second kappa shape index (κ2) is 6.77. The van der Waals surface area contributed by atoms with E-state index in [2.05, 4.69) is 15.1 Å². The number of hydrogen-bond donors (Lipinski definition) is 0. The van der Waals surface area contributed by atoms with E-state index >= 15 is 0 Å². The van der Waals surface area contributed by atoms with Crippen LogP contribution in [0.4, 0.5) is 21.6 Å². The van der Waals surface area contributed by atoms with Crippen LogP contribution < -0.4 is 9.80 Å². The first kappa shape index (κ1) is 16.1. The second-order valence-electron chi connectivity index (χ2n) is 5.82. The summed E-state index contributed by atoms with van der Waals surface area (Å²) in [4.78, 5) is 14.7. The van der Waals surface area contributed by atoms with Crippen LogP contribution in [0.2, 0.25) is 0 Å². The Morgan fingerprint density at radius 3 is 2.96 bits per heavy atom. The molecule has 1 aliphatic rings. The highest BCUT2D eigenvalue weighted by Gasteiger charge is 2.28. The van der Waals surface area contributed by atoms with E-state index < -0.39 is 10.7 Å². The first-order valence-corrected chi connectivity index (χ1v) is 7.75. The van der Waals surface area contributed by atoms with Crippen LogP contribution in [0.1, 0.15) is 12.8 Å². The van der Waals surface area contributed by atoms with Crippen LogP contribution in [0.25, 0.3) is 0 Å². The number of nitro benzene ring substituents is 1. The number of likely N-dealkylation sites (N-methyl/N-ethyl adjacent to an activating group) is 1. The Bertz CT molecular complexity index is 728. The van der Waals surface area contributed by atoms with E-state index in [1.165, 1.54) is 12.1 Å². The molecule has 0 aliphatic carbocycles. The van der Waals surface area contributed by atoms with Crippen LogP contribution in [0.3, 0.4) is 0 Å². The van der Waals surface area contributed by atoms with Crippen molar-refractivity contribution in [3.63, 3.8) is 0 Å². The van der Waals surface area contributed by atoms with Gasteiger partial charge < -0.3 is 9.80 Å². The quantitative estimate of drug-likeness (QED) is 0.633. The molecule has 1 saturated heterocycles. The molecule has 8 heteroatoms. The molecule has 0 bridgehead atoms. The molecule has 126 valence electrons. The zero-order chi connectivity index (χ0) is 17.1. The smallest absolute Gasteiger partial charge is 0.295 e. The molecular formula is C16H18FN5O2. The Labute approximate surface area is 138 Å². The third-order valence-electron chi connectivity index (χ3n) is 4.34. The topological polar surface area (TPSA) is 75.4 Å². The van der Waals surface area contributed by atoms with Gasteiger partial charge in [-0.2, -0.15) is 5.10 Å². The molecule has 0 N–H and O–H groups in total. The Morgan fingerprint density at radius 1 is 1.42 bits per heavy atom. The molecule has 3 rings (SSSR count). The van der Waals surface area contributed by atoms with E-state index in [0.29, 0.717) is 12.2 Å². The van der Waals surface area contributed by atoms with Crippen molar-refractivity contribution in [1.29, 1.82) is 0 Å². The van der Waals surface area contributed by atoms with Gasteiger partial charge in [-0.15, -0.1) is 5.10 Å². The summed E-state index contributed by atoms with van der Waals surface area (Å²) in [5.41, 5.74) is 0.210. The van der Waals surface area contributed by atoms with Crippen LogP contribution in [-0.4, -0.2) is 41.3 Å². The Morgan fingerprint density at radius 2 is 2.25 bits per heavy atom. The summed E-state index contributed by atoms with van der Waals surface area (Å²) < 4.78 is 13.4. The third-order valence-corrected chi connectivity index (χ3v) is 4.34. The van der Waals surface area contributed by atoms with Crippen molar-refractivity contribution in [3.8, 4) is 0 Å². The summed E-state index contributed by atoms with van der Waals surface area (Å²) >= 11 is 0. The van der Waals surface area contributed by atoms with Gasteiger partial charge in [-0.25, -0.2) is 4.39 Å². The van der Waals surface area contributed by atoms with Crippen molar-refractivity contribution >= 4 is 17.2 Å². The highest BCUT2D eigenvalue weighted by molar-refractivity contribution is 5.63. The molecule has 0 saturated carbocycles. The molecule has 1 aliphatic heterocycles. The second-order valence-corrected chi connectivity index (χ2v) is 5.82. The zero-order valence-electron chi connectivity index (χ0n) is 13.3. The van der Waals surface area contributed by atoms with E-state index in [-0.39, 0.29) is 11.7 Å². The zero-order valence-corrected chi connectivity index (χ0v) is 13.3. The van der Waals surface area contributed by atoms with Crippen molar-refractivity contribution in [3.05, 3.63) is 52.5 Å². The third kappa shape index (κ3) is 3.27. The molecular weight excluding hydrogens is 313 g/mol. The number of anilines is 2. The van der Waals surface area contributed by atoms with Gasteiger partial charge in [-0.05, 0) is 37.1 Å². The predicted octanol–water partition coefficient (Wildman–Crippen LogP) is 2.63. The lowest BCUT2D eigenvalue weighted by molar-refractivity contribution is -0.384. The van der Waals surface area contributed by atoms with Gasteiger partial charge in [-0.3, -0.25) is 10.1 Å². The molecule has 1 aromatic heterocycles. The molecule has 1 aromatic carbocycles. The van der Waals surface area contributed by atoms with E-state index in [0.717, 1.165) is 31.3 Å². The van der Waals surface area contributed by atoms with Crippen molar-refractivity contribution in [2.75, 3.05) is 29.9 Å².